The summed E-state index contributed by atoms with van der Waals surface area (Å²) in [6.07, 6.45) is 1.37. The van der Waals surface area contributed by atoms with E-state index in [9.17, 15) is 5.11 Å². The summed E-state index contributed by atoms with van der Waals surface area (Å²) in [6.45, 7) is 0. The van der Waals surface area contributed by atoms with Crippen molar-refractivity contribution in [2.24, 2.45) is 0 Å². The maximum atomic E-state index is 10.5. The zero-order valence-electron chi connectivity index (χ0n) is 13.6. The van der Waals surface area contributed by atoms with Crippen LogP contribution >= 0.6 is 7.92 Å². The fourth-order valence-electron chi connectivity index (χ4n) is 2.72. The Hall–Kier alpha value is -1.89. The first-order valence-corrected chi connectivity index (χ1v) is 9.48. The topological polar surface area (TPSA) is 20.2 Å². The summed E-state index contributed by atoms with van der Waals surface area (Å²) in [7, 11) is -0.434. The normalized spacial score (nSPS) is 11.8. The van der Waals surface area contributed by atoms with Crippen molar-refractivity contribution in [3.63, 3.8) is 0 Å². The van der Waals surface area contributed by atoms with Gasteiger partial charge in [0.1, 0.15) is 0 Å². The lowest BCUT2D eigenvalue weighted by atomic mass is 10.1. The highest BCUT2D eigenvalue weighted by Crippen LogP contribution is 2.36. The van der Waals surface area contributed by atoms with E-state index < -0.39 is 14.0 Å². The summed E-state index contributed by atoms with van der Waals surface area (Å²) in [4.78, 5) is 0. The molecule has 0 heterocycles. The van der Waals surface area contributed by atoms with Crippen molar-refractivity contribution in [1.82, 2.24) is 0 Å². The van der Waals surface area contributed by atoms with Gasteiger partial charge < -0.3 is 5.11 Å². The van der Waals surface area contributed by atoms with Crippen molar-refractivity contribution in [3.8, 4) is 0 Å². The van der Waals surface area contributed by atoms with Gasteiger partial charge in [-0.3, -0.25) is 0 Å². The first-order valence-electron chi connectivity index (χ1n) is 7.95. The molecule has 0 fully saturated rings. The molecule has 24 heavy (non-hydrogen) atoms. The van der Waals surface area contributed by atoms with E-state index in [-0.39, 0.29) is 8.41 Å². The molecule has 0 saturated heterocycles. The van der Waals surface area contributed by atoms with E-state index in [4.69, 9.17) is 0 Å². The van der Waals surface area contributed by atoms with Gasteiger partial charge in [0, 0.05) is 8.41 Å². The molecule has 3 radical (unpaired) electrons. The summed E-state index contributed by atoms with van der Waals surface area (Å²) in [5.41, 5.74) is 1.00. The molecule has 3 rings (SSSR count). The zero-order chi connectivity index (χ0) is 15.9. The van der Waals surface area contributed by atoms with Gasteiger partial charge >= 0.3 is 0 Å². The SMILES string of the molecule is OC(CCP(c1ccccc1)c1ccccc1)c1ccccc1.[B]. The second-order valence-corrected chi connectivity index (χ2v) is 7.87. The van der Waals surface area contributed by atoms with Gasteiger partial charge in [-0.2, -0.15) is 0 Å². The molecule has 1 unspecified atom stereocenters. The Morgan fingerprint density at radius 2 is 1.08 bits per heavy atom. The molecule has 119 valence electrons. The smallest absolute Gasteiger partial charge is 0.0793 e. The second kappa shape index (κ2) is 9.42. The van der Waals surface area contributed by atoms with Gasteiger partial charge in [-0.15, -0.1) is 0 Å². The number of hydrogen-bond donors (Lipinski definition) is 1. The molecule has 0 amide bonds. The van der Waals surface area contributed by atoms with Gasteiger partial charge in [0.2, 0.25) is 0 Å². The van der Waals surface area contributed by atoms with Crippen LogP contribution < -0.4 is 10.6 Å². The highest BCUT2D eigenvalue weighted by atomic mass is 31.1. The van der Waals surface area contributed by atoms with Crippen molar-refractivity contribution in [2.75, 3.05) is 6.16 Å². The van der Waals surface area contributed by atoms with Crippen molar-refractivity contribution >= 4 is 26.9 Å². The van der Waals surface area contributed by atoms with Crippen LogP contribution in [-0.2, 0) is 0 Å². The van der Waals surface area contributed by atoms with Crippen LogP contribution in [0.25, 0.3) is 0 Å². The van der Waals surface area contributed by atoms with Gasteiger partial charge in [0.05, 0.1) is 6.10 Å². The number of aliphatic hydroxyl groups is 1. The molecule has 0 bridgehead atoms. The Morgan fingerprint density at radius 1 is 0.667 bits per heavy atom. The van der Waals surface area contributed by atoms with Crippen molar-refractivity contribution < 1.29 is 5.11 Å². The second-order valence-electron chi connectivity index (χ2n) is 5.54. The van der Waals surface area contributed by atoms with Gasteiger partial charge in [0.15, 0.2) is 0 Å². The molecule has 0 aliphatic heterocycles. The van der Waals surface area contributed by atoms with Crippen LogP contribution in [0.15, 0.2) is 91.0 Å². The van der Waals surface area contributed by atoms with E-state index in [2.05, 4.69) is 60.7 Å². The summed E-state index contributed by atoms with van der Waals surface area (Å²) in [6, 6.07) is 31.3. The maximum Gasteiger partial charge on any atom is 0.0793 e. The monoisotopic (exact) mass is 331 g/mol. The summed E-state index contributed by atoms with van der Waals surface area (Å²) >= 11 is 0. The molecule has 1 atom stereocenters. The van der Waals surface area contributed by atoms with Crippen LogP contribution in [0, 0.1) is 0 Å². The highest BCUT2D eigenvalue weighted by molar-refractivity contribution is 7.73. The third kappa shape index (κ3) is 4.80. The molecule has 0 aromatic heterocycles. The van der Waals surface area contributed by atoms with E-state index in [1.165, 1.54) is 10.6 Å². The molecule has 3 aromatic carbocycles. The van der Waals surface area contributed by atoms with Crippen LogP contribution in [-0.4, -0.2) is 19.7 Å². The maximum absolute atomic E-state index is 10.5. The molecule has 0 aliphatic rings. The van der Waals surface area contributed by atoms with E-state index in [1.54, 1.807) is 0 Å². The lowest BCUT2D eigenvalue weighted by molar-refractivity contribution is 0.175. The first kappa shape index (κ1) is 18.5. The van der Waals surface area contributed by atoms with Crippen LogP contribution in [0.1, 0.15) is 18.1 Å². The summed E-state index contributed by atoms with van der Waals surface area (Å²) in [5.74, 6) is 0. The third-order valence-corrected chi connectivity index (χ3v) is 6.49. The van der Waals surface area contributed by atoms with Crippen molar-refractivity contribution in [2.45, 2.75) is 12.5 Å². The number of rotatable bonds is 6. The molecule has 3 aromatic rings. The van der Waals surface area contributed by atoms with Crippen molar-refractivity contribution in [3.05, 3.63) is 96.6 Å². The minimum atomic E-state index is -0.434. The quantitative estimate of drug-likeness (QED) is 0.537. The minimum Gasteiger partial charge on any atom is -0.388 e. The van der Waals surface area contributed by atoms with E-state index in [0.717, 1.165) is 18.1 Å². The van der Waals surface area contributed by atoms with Crippen molar-refractivity contribution in [1.29, 1.82) is 0 Å². The van der Waals surface area contributed by atoms with E-state index in [0.29, 0.717) is 0 Å². The standard InChI is InChI=1S/C21H21OP.B/c22-21(18-10-4-1-5-11-18)16-17-23(19-12-6-2-7-13-19)20-14-8-3-9-15-20;/h1-15,21-22H,16-17H2;. The third-order valence-electron chi connectivity index (χ3n) is 3.95. The molecule has 0 spiro atoms. The predicted molar refractivity (Wildman–Crippen MR) is 106 cm³/mol. The zero-order valence-corrected chi connectivity index (χ0v) is 14.5. The summed E-state index contributed by atoms with van der Waals surface area (Å²) < 4.78 is 0. The van der Waals surface area contributed by atoms with Crippen LogP contribution in [0.2, 0.25) is 0 Å². The Morgan fingerprint density at radius 3 is 1.54 bits per heavy atom. The Kier molecular flexibility index (Phi) is 7.24. The minimum absolute atomic E-state index is 0. The van der Waals surface area contributed by atoms with Gasteiger partial charge in [0.25, 0.3) is 0 Å². The number of hydrogen-bond acceptors (Lipinski definition) is 1. The fourth-order valence-corrected chi connectivity index (χ4v) is 5.10. The Balaban J connectivity index is 0.00000208. The Labute approximate surface area is 147 Å². The van der Waals surface area contributed by atoms with Gasteiger partial charge in [-0.25, -0.2) is 0 Å². The molecular formula is C21H21BOP. The lowest BCUT2D eigenvalue weighted by Gasteiger charge is -2.20. The first-order chi connectivity index (χ1) is 11.3. The average Bonchev–Trinajstić information content (AvgIpc) is 2.64. The Bertz CT molecular complexity index is 664. The molecule has 3 heteroatoms. The van der Waals surface area contributed by atoms with E-state index in [1.807, 2.05) is 30.3 Å². The predicted octanol–water partition coefficient (Wildman–Crippen LogP) is 3.86. The van der Waals surface area contributed by atoms with Crippen LogP contribution in [0.5, 0.6) is 0 Å². The number of benzene rings is 3. The van der Waals surface area contributed by atoms with E-state index >= 15 is 0 Å². The molecule has 0 aliphatic carbocycles. The van der Waals surface area contributed by atoms with Crippen LogP contribution in [0.3, 0.4) is 0 Å². The van der Waals surface area contributed by atoms with Crippen LogP contribution in [0.4, 0.5) is 0 Å². The number of aliphatic hydroxyl groups excluding tert-OH is 1. The molecule has 0 saturated carbocycles. The molecule has 1 nitrogen and oxygen atoms in total. The highest BCUT2D eigenvalue weighted by Gasteiger charge is 2.16. The molecule has 1 N–H and O–H groups in total. The van der Waals surface area contributed by atoms with Gasteiger partial charge in [-0.05, 0) is 36.7 Å². The van der Waals surface area contributed by atoms with Gasteiger partial charge in [-0.1, -0.05) is 91.0 Å². The largest absolute Gasteiger partial charge is 0.388 e. The summed E-state index contributed by atoms with van der Waals surface area (Å²) in [5, 5.41) is 13.2. The molecular weight excluding hydrogens is 310 g/mol. The average molecular weight is 331 g/mol. The fraction of sp³-hybridized carbons (Fsp3) is 0.143. The lowest BCUT2D eigenvalue weighted by Crippen LogP contribution is -2.15.